The van der Waals surface area contributed by atoms with Crippen LogP contribution in [-0.4, -0.2) is 39.8 Å². The second-order valence-corrected chi connectivity index (χ2v) is 4.73. The zero-order valence-electron chi connectivity index (χ0n) is 10.5. The summed E-state index contributed by atoms with van der Waals surface area (Å²) in [6, 6.07) is 0. The lowest BCUT2D eigenvalue weighted by molar-refractivity contribution is -0.121. The molecule has 0 heterocycles. The van der Waals surface area contributed by atoms with Crippen molar-refractivity contribution in [1.82, 2.24) is 10.6 Å². The third-order valence-corrected chi connectivity index (χ3v) is 3.28. The molecular formula is C12H24N2O2. The SMILES string of the molecule is CNCCCC(=O)NCC1(CCOC)CC1. The smallest absolute Gasteiger partial charge is 0.220 e. The van der Waals surface area contributed by atoms with Crippen LogP contribution in [0.25, 0.3) is 0 Å². The lowest BCUT2D eigenvalue weighted by Gasteiger charge is -2.15. The molecule has 0 atom stereocenters. The Morgan fingerprint density at radius 1 is 1.44 bits per heavy atom. The highest BCUT2D eigenvalue weighted by molar-refractivity contribution is 5.75. The number of hydrogen-bond donors (Lipinski definition) is 2. The summed E-state index contributed by atoms with van der Waals surface area (Å²) >= 11 is 0. The van der Waals surface area contributed by atoms with Crippen LogP contribution in [-0.2, 0) is 9.53 Å². The average Bonchev–Trinajstić information content (AvgIpc) is 3.05. The molecule has 0 unspecified atom stereocenters. The molecule has 0 radical (unpaired) electrons. The molecule has 1 fully saturated rings. The van der Waals surface area contributed by atoms with Crippen LogP contribution in [0.1, 0.15) is 32.1 Å². The van der Waals surface area contributed by atoms with Gasteiger partial charge in [-0.2, -0.15) is 0 Å². The van der Waals surface area contributed by atoms with E-state index in [1.807, 2.05) is 7.05 Å². The predicted molar refractivity (Wildman–Crippen MR) is 64.3 cm³/mol. The third-order valence-electron chi connectivity index (χ3n) is 3.28. The highest BCUT2D eigenvalue weighted by atomic mass is 16.5. The van der Waals surface area contributed by atoms with Crippen LogP contribution < -0.4 is 10.6 Å². The monoisotopic (exact) mass is 228 g/mol. The van der Waals surface area contributed by atoms with Gasteiger partial charge in [-0.1, -0.05) is 0 Å². The second kappa shape index (κ2) is 6.86. The Morgan fingerprint density at radius 2 is 2.19 bits per heavy atom. The summed E-state index contributed by atoms with van der Waals surface area (Å²) < 4.78 is 5.08. The van der Waals surface area contributed by atoms with Crippen LogP contribution in [0, 0.1) is 5.41 Å². The lowest BCUT2D eigenvalue weighted by atomic mass is 10.0. The molecule has 0 saturated heterocycles. The van der Waals surface area contributed by atoms with Crippen LogP contribution >= 0.6 is 0 Å². The number of nitrogens with one attached hydrogen (secondary N) is 2. The van der Waals surface area contributed by atoms with E-state index in [1.54, 1.807) is 7.11 Å². The molecule has 2 N–H and O–H groups in total. The van der Waals surface area contributed by atoms with Crippen LogP contribution in [0.5, 0.6) is 0 Å². The molecule has 0 aromatic rings. The Kier molecular flexibility index (Phi) is 5.77. The molecule has 0 aliphatic heterocycles. The van der Waals surface area contributed by atoms with Gasteiger partial charge in [-0.3, -0.25) is 4.79 Å². The van der Waals surface area contributed by atoms with Crippen LogP contribution in [0.3, 0.4) is 0 Å². The largest absolute Gasteiger partial charge is 0.385 e. The van der Waals surface area contributed by atoms with Crippen molar-refractivity contribution in [1.29, 1.82) is 0 Å². The van der Waals surface area contributed by atoms with Crippen LogP contribution in [0.2, 0.25) is 0 Å². The molecular weight excluding hydrogens is 204 g/mol. The summed E-state index contributed by atoms with van der Waals surface area (Å²) in [4.78, 5) is 11.5. The van der Waals surface area contributed by atoms with Crippen molar-refractivity contribution in [3.63, 3.8) is 0 Å². The van der Waals surface area contributed by atoms with E-state index in [0.29, 0.717) is 11.8 Å². The minimum absolute atomic E-state index is 0.180. The van der Waals surface area contributed by atoms with Crippen molar-refractivity contribution < 1.29 is 9.53 Å². The van der Waals surface area contributed by atoms with E-state index >= 15 is 0 Å². The van der Waals surface area contributed by atoms with E-state index < -0.39 is 0 Å². The Balaban J connectivity index is 2.07. The molecule has 0 aromatic heterocycles. The van der Waals surface area contributed by atoms with Gasteiger partial charge in [-0.15, -0.1) is 0 Å². The molecule has 1 aliphatic carbocycles. The maximum Gasteiger partial charge on any atom is 0.220 e. The van der Waals surface area contributed by atoms with Crippen molar-refractivity contribution >= 4 is 5.91 Å². The summed E-state index contributed by atoms with van der Waals surface area (Å²) in [5.41, 5.74) is 0.356. The summed E-state index contributed by atoms with van der Waals surface area (Å²) in [7, 11) is 3.63. The summed E-state index contributed by atoms with van der Waals surface area (Å²) in [6.07, 6.45) is 5.06. The molecule has 1 saturated carbocycles. The predicted octanol–water partition coefficient (Wildman–Crippen LogP) is 0.919. The van der Waals surface area contributed by atoms with Gasteiger partial charge in [0.2, 0.25) is 5.91 Å². The van der Waals surface area contributed by atoms with Crippen LogP contribution in [0.15, 0.2) is 0 Å². The molecule has 94 valence electrons. The molecule has 1 amide bonds. The van der Waals surface area contributed by atoms with Gasteiger partial charge in [0.05, 0.1) is 0 Å². The topological polar surface area (TPSA) is 50.4 Å². The van der Waals surface area contributed by atoms with Crippen molar-refractivity contribution in [2.24, 2.45) is 5.41 Å². The van der Waals surface area contributed by atoms with Crippen molar-refractivity contribution in [2.45, 2.75) is 32.1 Å². The summed E-state index contributed by atoms with van der Waals surface area (Å²) in [6.45, 7) is 2.53. The Hall–Kier alpha value is -0.610. The van der Waals surface area contributed by atoms with Gasteiger partial charge >= 0.3 is 0 Å². The number of rotatable bonds is 9. The molecule has 0 bridgehead atoms. The lowest BCUT2D eigenvalue weighted by Crippen LogP contribution is -2.31. The van der Waals surface area contributed by atoms with Crippen molar-refractivity contribution in [3.8, 4) is 0 Å². The first-order chi connectivity index (χ1) is 7.72. The molecule has 4 nitrogen and oxygen atoms in total. The first kappa shape index (κ1) is 13.5. The number of amides is 1. The quantitative estimate of drug-likeness (QED) is 0.577. The highest BCUT2D eigenvalue weighted by Crippen LogP contribution is 2.48. The van der Waals surface area contributed by atoms with Gasteiger partial charge < -0.3 is 15.4 Å². The molecule has 1 rings (SSSR count). The molecule has 0 aromatic carbocycles. The van der Waals surface area contributed by atoms with Crippen molar-refractivity contribution in [3.05, 3.63) is 0 Å². The first-order valence-corrected chi connectivity index (χ1v) is 6.13. The van der Waals surface area contributed by atoms with E-state index in [9.17, 15) is 4.79 Å². The Bertz CT molecular complexity index is 215. The number of ether oxygens (including phenoxy) is 1. The Morgan fingerprint density at radius 3 is 2.75 bits per heavy atom. The minimum atomic E-state index is 0.180. The van der Waals surface area contributed by atoms with Gasteiger partial charge in [-0.05, 0) is 44.7 Å². The normalized spacial score (nSPS) is 17.1. The van der Waals surface area contributed by atoms with Gasteiger partial charge in [0, 0.05) is 26.7 Å². The molecule has 4 heteroatoms. The summed E-state index contributed by atoms with van der Waals surface area (Å²) in [5.74, 6) is 0.180. The standard InChI is InChI=1S/C12H24N2O2/c1-13-8-3-4-11(15)14-10-12(5-6-12)7-9-16-2/h13H,3-10H2,1-2H3,(H,14,15). The van der Waals surface area contributed by atoms with Gasteiger partial charge in [-0.25, -0.2) is 0 Å². The summed E-state index contributed by atoms with van der Waals surface area (Å²) in [5, 5.41) is 6.07. The number of methoxy groups -OCH3 is 1. The second-order valence-electron chi connectivity index (χ2n) is 4.73. The molecule has 0 spiro atoms. The van der Waals surface area contributed by atoms with Gasteiger partial charge in [0.1, 0.15) is 0 Å². The van der Waals surface area contributed by atoms with E-state index in [-0.39, 0.29) is 5.91 Å². The van der Waals surface area contributed by atoms with Gasteiger partial charge in [0.15, 0.2) is 0 Å². The average molecular weight is 228 g/mol. The molecule has 1 aliphatic rings. The number of carbonyl (C=O) groups is 1. The van der Waals surface area contributed by atoms with Gasteiger partial charge in [0.25, 0.3) is 0 Å². The maximum atomic E-state index is 11.5. The van der Waals surface area contributed by atoms with Crippen LogP contribution in [0.4, 0.5) is 0 Å². The zero-order chi connectivity index (χ0) is 11.9. The van der Waals surface area contributed by atoms with E-state index in [4.69, 9.17) is 4.74 Å². The first-order valence-electron chi connectivity index (χ1n) is 6.13. The fourth-order valence-electron chi connectivity index (χ4n) is 1.81. The fourth-order valence-corrected chi connectivity index (χ4v) is 1.81. The van der Waals surface area contributed by atoms with Crippen molar-refractivity contribution in [2.75, 3.05) is 33.9 Å². The molecule has 16 heavy (non-hydrogen) atoms. The highest BCUT2D eigenvalue weighted by Gasteiger charge is 2.41. The van der Waals surface area contributed by atoms with E-state index in [2.05, 4.69) is 10.6 Å². The fraction of sp³-hybridized carbons (Fsp3) is 0.917. The minimum Gasteiger partial charge on any atom is -0.385 e. The van der Waals surface area contributed by atoms with E-state index in [1.165, 1.54) is 12.8 Å². The van der Waals surface area contributed by atoms with E-state index in [0.717, 1.165) is 32.5 Å². The number of carbonyl (C=O) groups excluding carboxylic acids is 1. The maximum absolute atomic E-state index is 11.5. The Labute approximate surface area is 98.1 Å². The zero-order valence-corrected chi connectivity index (χ0v) is 10.5. The number of hydrogen-bond acceptors (Lipinski definition) is 3. The third kappa shape index (κ3) is 4.94.